The number of thiophene rings is 1. The summed E-state index contributed by atoms with van der Waals surface area (Å²) in [5.41, 5.74) is 9.50. The summed E-state index contributed by atoms with van der Waals surface area (Å²) in [4.78, 5) is 0. The second-order valence-electron chi connectivity index (χ2n) is 5.19. The number of fused-ring (bicyclic) bond motifs is 3. The van der Waals surface area contributed by atoms with Gasteiger partial charge in [0, 0.05) is 31.4 Å². The lowest BCUT2D eigenvalue weighted by Gasteiger charge is -2.08. The number of benzene rings is 2. The van der Waals surface area contributed by atoms with E-state index in [9.17, 15) is 0 Å². The molecule has 0 amide bonds. The van der Waals surface area contributed by atoms with E-state index < -0.39 is 0 Å². The molecule has 0 fully saturated rings. The SMILES string of the molecule is Nc1ccc2c(sc3ccccc32)c1C1=CC=CCC=C1. The van der Waals surface area contributed by atoms with Gasteiger partial charge in [0.1, 0.15) is 0 Å². The molecular formula is C19H15NS. The largest absolute Gasteiger partial charge is 0.398 e. The van der Waals surface area contributed by atoms with Crippen LogP contribution in [0.4, 0.5) is 5.69 Å². The van der Waals surface area contributed by atoms with E-state index in [0.29, 0.717) is 0 Å². The highest BCUT2D eigenvalue weighted by Gasteiger charge is 2.13. The molecule has 0 unspecified atom stereocenters. The van der Waals surface area contributed by atoms with E-state index in [1.165, 1.54) is 25.7 Å². The lowest BCUT2D eigenvalue weighted by atomic mass is 10.00. The Morgan fingerprint density at radius 3 is 2.81 bits per heavy atom. The van der Waals surface area contributed by atoms with Crippen LogP contribution in [0.25, 0.3) is 25.7 Å². The van der Waals surface area contributed by atoms with Crippen LogP contribution >= 0.6 is 11.3 Å². The first-order chi connectivity index (χ1) is 10.3. The van der Waals surface area contributed by atoms with Gasteiger partial charge in [-0.15, -0.1) is 11.3 Å². The standard InChI is InChI=1S/C19H15NS/c20-16-12-11-15-14-9-5-6-10-17(14)21-19(15)18(16)13-7-3-1-2-4-8-13/h1,3-12H,2,20H2. The van der Waals surface area contributed by atoms with Gasteiger partial charge in [-0.2, -0.15) is 0 Å². The zero-order chi connectivity index (χ0) is 14.2. The fourth-order valence-corrected chi connectivity index (χ4v) is 4.13. The zero-order valence-corrected chi connectivity index (χ0v) is 12.4. The first-order valence-corrected chi connectivity index (χ1v) is 7.90. The summed E-state index contributed by atoms with van der Waals surface area (Å²) < 4.78 is 2.59. The average Bonchev–Trinajstić information content (AvgIpc) is 2.68. The molecule has 3 aromatic rings. The summed E-state index contributed by atoms with van der Waals surface area (Å²) >= 11 is 1.82. The van der Waals surface area contributed by atoms with E-state index in [1.807, 2.05) is 17.4 Å². The Morgan fingerprint density at radius 2 is 1.86 bits per heavy atom. The van der Waals surface area contributed by atoms with Gasteiger partial charge in [-0.3, -0.25) is 0 Å². The third kappa shape index (κ3) is 1.99. The minimum atomic E-state index is 0.847. The van der Waals surface area contributed by atoms with Crippen LogP contribution in [-0.2, 0) is 0 Å². The third-order valence-electron chi connectivity index (χ3n) is 3.85. The molecule has 2 heteroatoms. The maximum Gasteiger partial charge on any atom is 0.0454 e. The smallest absolute Gasteiger partial charge is 0.0454 e. The fraction of sp³-hybridized carbons (Fsp3) is 0.0526. The van der Waals surface area contributed by atoms with Crippen LogP contribution in [0.5, 0.6) is 0 Å². The van der Waals surface area contributed by atoms with Crippen molar-refractivity contribution in [3.05, 3.63) is 72.3 Å². The van der Waals surface area contributed by atoms with Crippen LogP contribution in [0, 0.1) is 0 Å². The molecule has 102 valence electrons. The minimum absolute atomic E-state index is 0.847. The fourth-order valence-electron chi connectivity index (χ4n) is 2.85. The highest BCUT2D eigenvalue weighted by molar-refractivity contribution is 7.26. The van der Waals surface area contributed by atoms with E-state index in [2.05, 4.69) is 60.7 Å². The predicted molar refractivity (Wildman–Crippen MR) is 94.6 cm³/mol. The summed E-state index contributed by atoms with van der Waals surface area (Å²) in [6.07, 6.45) is 11.8. The molecule has 1 heterocycles. The maximum atomic E-state index is 6.30. The Hall–Kier alpha value is -2.32. The van der Waals surface area contributed by atoms with Gasteiger partial charge in [0.2, 0.25) is 0 Å². The molecule has 4 rings (SSSR count). The molecule has 0 saturated carbocycles. The van der Waals surface area contributed by atoms with Gasteiger partial charge < -0.3 is 5.73 Å². The summed E-state index contributed by atoms with van der Waals surface area (Å²) in [5.74, 6) is 0. The van der Waals surface area contributed by atoms with Gasteiger partial charge in [0.15, 0.2) is 0 Å². The summed E-state index contributed by atoms with van der Waals surface area (Å²) in [6, 6.07) is 12.7. The summed E-state index contributed by atoms with van der Waals surface area (Å²) in [6.45, 7) is 0. The molecule has 0 spiro atoms. The number of hydrogen-bond acceptors (Lipinski definition) is 2. The van der Waals surface area contributed by atoms with Crippen molar-refractivity contribution < 1.29 is 0 Å². The lowest BCUT2D eigenvalue weighted by Crippen LogP contribution is -1.92. The predicted octanol–water partition coefficient (Wildman–Crippen LogP) is 5.54. The Morgan fingerprint density at radius 1 is 0.952 bits per heavy atom. The van der Waals surface area contributed by atoms with Crippen molar-refractivity contribution in [1.82, 2.24) is 0 Å². The van der Waals surface area contributed by atoms with Crippen molar-refractivity contribution in [2.75, 3.05) is 5.73 Å². The molecule has 21 heavy (non-hydrogen) atoms. The van der Waals surface area contributed by atoms with Gasteiger partial charge in [-0.05, 0) is 24.1 Å². The van der Waals surface area contributed by atoms with E-state index in [-0.39, 0.29) is 0 Å². The number of nitrogen functional groups attached to an aromatic ring is 1. The molecular weight excluding hydrogens is 274 g/mol. The van der Waals surface area contributed by atoms with Gasteiger partial charge in [0.25, 0.3) is 0 Å². The topological polar surface area (TPSA) is 26.0 Å². The maximum absolute atomic E-state index is 6.30. The highest BCUT2D eigenvalue weighted by atomic mass is 32.1. The number of hydrogen-bond donors (Lipinski definition) is 1. The molecule has 0 atom stereocenters. The second-order valence-corrected chi connectivity index (χ2v) is 6.25. The number of nitrogens with two attached hydrogens (primary N) is 1. The quantitative estimate of drug-likeness (QED) is 0.585. The van der Waals surface area contributed by atoms with Gasteiger partial charge in [-0.1, -0.05) is 54.6 Å². The van der Waals surface area contributed by atoms with Gasteiger partial charge >= 0.3 is 0 Å². The first kappa shape index (κ1) is 12.4. The highest BCUT2D eigenvalue weighted by Crippen LogP contribution is 2.41. The van der Waals surface area contributed by atoms with Crippen LogP contribution in [0.1, 0.15) is 12.0 Å². The monoisotopic (exact) mass is 289 g/mol. The van der Waals surface area contributed by atoms with Crippen molar-refractivity contribution in [3.63, 3.8) is 0 Å². The summed E-state index contributed by atoms with van der Waals surface area (Å²) in [7, 11) is 0. The Labute approximate surface area is 127 Å². The van der Waals surface area contributed by atoms with E-state index >= 15 is 0 Å². The van der Waals surface area contributed by atoms with Crippen LogP contribution in [0.15, 0.2) is 66.8 Å². The molecule has 0 aliphatic heterocycles. The van der Waals surface area contributed by atoms with Crippen molar-refractivity contribution in [2.24, 2.45) is 0 Å². The lowest BCUT2D eigenvalue weighted by molar-refractivity contribution is 1.41. The van der Waals surface area contributed by atoms with Gasteiger partial charge in [-0.25, -0.2) is 0 Å². The molecule has 2 N–H and O–H groups in total. The minimum Gasteiger partial charge on any atom is -0.398 e. The van der Waals surface area contributed by atoms with Crippen LogP contribution < -0.4 is 5.73 Å². The molecule has 2 aromatic carbocycles. The van der Waals surface area contributed by atoms with E-state index in [1.54, 1.807) is 0 Å². The van der Waals surface area contributed by atoms with Crippen LogP contribution in [0.3, 0.4) is 0 Å². The van der Waals surface area contributed by atoms with Crippen molar-refractivity contribution >= 4 is 42.8 Å². The van der Waals surface area contributed by atoms with Crippen LogP contribution in [-0.4, -0.2) is 0 Å². The third-order valence-corrected chi connectivity index (χ3v) is 5.05. The molecule has 1 aliphatic carbocycles. The van der Waals surface area contributed by atoms with Crippen LogP contribution in [0.2, 0.25) is 0 Å². The van der Waals surface area contributed by atoms with E-state index in [0.717, 1.165) is 17.7 Å². The summed E-state index contributed by atoms with van der Waals surface area (Å²) in [5, 5.41) is 2.61. The Balaban J connectivity index is 2.10. The molecule has 0 bridgehead atoms. The Kier molecular flexibility index (Phi) is 2.90. The van der Waals surface area contributed by atoms with Crippen molar-refractivity contribution in [3.8, 4) is 0 Å². The number of anilines is 1. The number of allylic oxidation sites excluding steroid dienone is 6. The zero-order valence-electron chi connectivity index (χ0n) is 11.5. The Bertz CT molecular complexity index is 925. The first-order valence-electron chi connectivity index (χ1n) is 7.08. The van der Waals surface area contributed by atoms with Crippen molar-refractivity contribution in [2.45, 2.75) is 6.42 Å². The molecule has 0 saturated heterocycles. The second kappa shape index (κ2) is 4.90. The van der Waals surface area contributed by atoms with Gasteiger partial charge in [0.05, 0.1) is 0 Å². The molecule has 1 nitrogen and oxygen atoms in total. The van der Waals surface area contributed by atoms with E-state index in [4.69, 9.17) is 5.73 Å². The molecule has 0 radical (unpaired) electrons. The number of rotatable bonds is 1. The van der Waals surface area contributed by atoms with Crippen molar-refractivity contribution in [1.29, 1.82) is 0 Å². The molecule has 1 aromatic heterocycles. The normalized spacial score (nSPS) is 14.6. The average molecular weight is 289 g/mol. The molecule has 1 aliphatic rings.